The van der Waals surface area contributed by atoms with Crippen LogP contribution in [0.4, 0.5) is 0 Å². The third kappa shape index (κ3) is 11.6. The van der Waals surface area contributed by atoms with Crippen molar-refractivity contribution in [3.05, 3.63) is 68.5 Å². The van der Waals surface area contributed by atoms with Crippen LogP contribution in [0.25, 0.3) is 44.8 Å². The van der Waals surface area contributed by atoms with Crippen molar-refractivity contribution in [2.45, 2.75) is 83.1 Å². The van der Waals surface area contributed by atoms with Crippen molar-refractivity contribution in [1.29, 1.82) is 0 Å². The van der Waals surface area contributed by atoms with Gasteiger partial charge in [0.2, 0.25) is 20.0 Å². The molecule has 392 valence electrons. The number of hydrogen-bond donors (Lipinski definition) is 4. The van der Waals surface area contributed by atoms with E-state index in [2.05, 4.69) is 20.2 Å². The number of β-amino-alcohol motifs (C(OH)–C–C–N with tert-alkyl or cyclic N) is 2. The lowest BCUT2D eigenvalue weighted by Crippen LogP contribution is -2.49. The SMILES string of the molecule is CCCOc1ccc(S(=O)(=O)N2CCN(CCO)CC2)cc1-c1nc2c(CCC)nn(CC)c2c(=O)[nH]1.CCCc1nn(C)c2c(=O)[nH]c(-c3cc(S(=O)(=O)N4CCN(CCO)CC4)ccc3OCC)nc12. The molecule has 0 aliphatic carbocycles. The molecule has 0 unspecified atom stereocenters. The summed E-state index contributed by atoms with van der Waals surface area (Å²) < 4.78 is 71.7. The number of benzene rings is 2. The van der Waals surface area contributed by atoms with Crippen molar-refractivity contribution in [3.8, 4) is 34.3 Å². The summed E-state index contributed by atoms with van der Waals surface area (Å²) in [5.74, 6) is 1.38. The van der Waals surface area contributed by atoms with Gasteiger partial charge in [-0.1, -0.05) is 33.6 Å². The van der Waals surface area contributed by atoms with Gasteiger partial charge >= 0.3 is 0 Å². The minimum Gasteiger partial charge on any atom is -0.493 e. The Labute approximate surface area is 419 Å². The smallest absolute Gasteiger partial charge is 0.277 e. The quantitative estimate of drug-likeness (QED) is 0.0857. The Kier molecular flexibility index (Phi) is 18.0. The summed E-state index contributed by atoms with van der Waals surface area (Å²) in [6.45, 7) is 15.8. The monoisotopic (exact) mass is 1040 g/mol. The van der Waals surface area contributed by atoms with E-state index >= 15 is 0 Å². The molecule has 0 radical (unpaired) electrons. The minimum atomic E-state index is -3.79. The third-order valence-corrected chi connectivity index (χ3v) is 16.4. The van der Waals surface area contributed by atoms with Gasteiger partial charge in [0.25, 0.3) is 11.1 Å². The van der Waals surface area contributed by atoms with Crippen LogP contribution in [0.3, 0.4) is 0 Å². The largest absolute Gasteiger partial charge is 0.493 e. The van der Waals surface area contributed by atoms with Crippen molar-refractivity contribution < 1.29 is 36.5 Å². The van der Waals surface area contributed by atoms with Gasteiger partial charge in [-0.15, -0.1) is 0 Å². The van der Waals surface area contributed by atoms with E-state index in [1.807, 2.05) is 44.4 Å². The number of aliphatic hydroxyl groups excluding tert-OH is 2. The number of sulfonamides is 2. The molecule has 22 nitrogen and oxygen atoms in total. The second-order valence-corrected chi connectivity index (χ2v) is 21.5. The fourth-order valence-corrected chi connectivity index (χ4v) is 11.9. The second kappa shape index (κ2) is 24.0. The number of hydrogen-bond acceptors (Lipinski definition) is 16. The van der Waals surface area contributed by atoms with E-state index in [1.165, 1.54) is 37.6 Å². The Balaban J connectivity index is 0.000000212. The van der Waals surface area contributed by atoms with Crippen molar-refractivity contribution in [2.24, 2.45) is 7.05 Å². The molecule has 2 fully saturated rings. The maximum absolute atomic E-state index is 13.5. The normalized spacial score (nSPS) is 15.6. The maximum atomic E-state index is 13.5. The van der Waals surface area contributed by atoms with Gasteiger partial charge in [-0.3, -0.25) is 28.8 Å². The first-order chi connectivity index (χ1) is 34.6. The van der Waals surface area contributed by atoms with Gasteiger partial charge in [-0.25, -0.2) is 26.8 Å². The molecule has 72 heavy (non-hydrogen) atoms. The number of nitrogens with zero attached hydrogens (tertiary/aromatic N) is 10. The standard InChI is InChI=1S/C25H36N6O5S.C23H32N6O5S/c1-4-7-20-22-23(31(6-3)28-20)25(33)27-24(26-22)19-17-18(8-9-21(19)36-16-5-2)37(34,35)30-12-10-29(11-13-30)14-15-32;1-4-6-18-20-21(27(3)26-18)23(31)25-22(24-20)17-15-16(7-8-19(17)34-5-2)35(32,33)29-11-9-28(10-12-29)13-14-30/h8-9,17,32H,4-7,10-16H2,1-3H3,(H,26,27,33);7-8,15,30H,4-6,9-14H2,1-3H3,(H,24,25,31). The number of rotatable bonds is 20. The molecular weight excluding hydrogens is 969 g/mol. The zero-order valence-electron chi connectivity index (χ0n) is 42.1. The molecule has 2 aliphatic heterocycles. The minimum absolute atomic E-state index is 0.0431. The van der Waals surface area contributed by atoms with Crippen LogP contribution >= 0.6 is 0 Å². The number of ether oxygens (including phenoxy) is 2. The molecule has 6 aromatic rings. The lowest BCUT2D eigenvalue weighted by Gasteiger charge is -2.33. The number of aromatic amines is 2. The van der Waals surface area contributed by atoms with Crippen LogP contribution in [0.1, 0.15) is 65.3 Å². The van der Waals surface area contributed by atoms with Crippen LogP contribution in [0, 0.1) is 0 Å². The number of nitrogens with one attached hydrogen (secondary N) is 2. The van der Waals surface area contributed by atoms with Gasteiger partial charge in [-0.05, 0) is 69.5 Å². The number of piperazine rings is 2. The number of aromatic nitrogens is 8. The molecule has 2 aliphatic rings. The molecule has 0 spiro atoms. The number of aryl methyl sites for hydroxylation is 4. The maximum Gasteiger partial charge on any atom is 0.277 e. The summed E-state index contributed by atoms with van der Waals surface area (Å²) in [7, 11) is -5.86. The first kappa shape index (κ1) is 54.2. The Morgan fingerprint density at radius 2 is 1.07 bits per heavy atom. The molecule has 2 saturated heterocycles. The Hall–Kier alpha value is -5.60. The molecule has 24 heteroatoms. The molecule has 4 N–H and O–H groups in total. The Morgan fingerprint density at radius 3 is 1.51 bits per heavy atom. The molecule has 0 amide bonds. The van der Waals surface area contributed by atoms with Crippen LogP contribution in [0.15, 0.2) is 55.8 Å². The Morgan fingerprint density at radius 1 is 0.611 bits per heavy atom. The van der Waals surface area contributed by atoms with Crippen LogP contribution in [-0.4, -0.2) is 177 Å². The number of aliphatic hydroxyl groups is 2. The first-order valence-electron chi connectivity index (χ1n) is 24.8. The highest BCUT2D eigenvalue weighted by atomic mass is 32.2. The lowest BCUT2D eigenvalue weighted by atomic mass is 10.1. The van der Waals surface area contributed by atoms with E-state index < -0.39 is 20.0 Å². The van der Waals surface area contributed by atoms with E-state index in [0.29, 0.717) is 143 Å². The predicted molar refractivity (Wildman–Crippen MR) is 273 cm³/mol. The van der Waals surface area contributed by atoms with Crippen LogP contribution < -0.4 is 20.6 Å². The molecule has 0 bridgehead atoms. The van der Waals surface area contributed by atoms with Gasteiger partial charge in [0.05, 0.1) is 58.7 Å². The zero-order valence-corrected chi connectivity index (χ0v) is 43.7. The fourth-order valence-electron chi connectivity index (χ4n) is 8.99. The highest BCUT2D eigenvalue weighted by Gasteiger charge is 2.32. The molecular formula is C48H68N12O10S2. The first-order valence-corrected chi connectivity index (χ1v) is 27.7. The van der Waals surface area contributed by atoms with Crippen molar-refractivity contribution in [3.63, 3.8) is 0 Å². The molecule has 6 heterocycles. The van der Waals surface area contributed by atoms with Crippen LogP contribution in [0.5, 0.6) is 11.5 Å². The van der Waals surface area contributed by atoms with Crippen molar-refractivity contribution in [2.75, 3.05) is 91.9 Å². The summed E-state index contributed by atoms with van der Waals surface area (Å²) in [4.78, 5) is 45.5. The van der Waals surface area contributed by atoms with Gasteiger partial charge in [0, 0.05) is 79.0 Å². The predicted octanol–water partition coefficient (Wildman–Crippen LogP) is 2.82. The van der Waals surface area contributed by atoms with Crippen molar-refractivity contribution in [1.82, 2.24) is 57.9 Å². The molecule has 0 saturated carbocycles. The molecule has 0 atom stereocenters. The molecule has 2 aromatic carbocycles. The highest BCUT2D eigenvalue weighted by molar-refractivity contribution is 7.89. The van der Waals surface area contributed by atoms with E-state index in [-0.39, 0.29) is 45.8 Å². The number of fused-ring (bicyclic) bond motifs is 2. The number of H-pyrrole nitrogens is 2. The summed E-state index contributed by atoms with van der Waals surface area (Å²) >= 11 is 0. The zero-order chi connectivity index (χ0) is 51.7. The molecule has 4 aromatic heterocycles. The topological polar surface area (TPSA) is 267 Å². The van der Waals surface area contributed by atoms with E-state index in [4.69, 9.17) is 24.5 Å². The average Bonchev–Trinajstić information content (AvgIpc) is 3.90. The molecule has 8 rings (SSSR count). The van der Waals surface area contributed by atoms with E-state index in [0.717, 1.165) is 30.7 Å². The average molecular weight is 1040 g/mol. The summed E-state index contributed by atoms with van der Waals surface area (Å²) in [5.41, 5.74) is 3.42. The summed E-state index contributed by atoms with van der Waals surface area (Å²) in [5, 5.41) is 27.4. The van der Waals surface area contributed by atoms with Gasteiger partial charge < -0.3 is 29.7 Å². The van der Waals surface area contributed by atoms with Crippen LogP contribution in [-0.2, 0) is 46.5 Å². The van der Waals surface area contributed by atoms with E-state index in [9.17, 15) is 31.5 Å². The van der Waals surface area contributed by atoms with Gasteiger partial charge in [0.1, 0.15) is 34.2 Å². The summed E-state index contributed by atoms with van der Waals surface area (Å²) in [6.07, 6.45) is 3.81. The van der Waals surface area contributed by atoms with Crippen LogP contribution in [0.2, 0.25) is 0 Å². The highest BCUT2D eigenvalue weighted by Crippen LogP contribution is 2.34. The third-order valence-electron chi connectivity index (χ3n) is 12.6. The fraction of sp³-hybridized carbons (Fsp3) is 0.542. The lowest BCUT2D eigenvalue weighted by molar-refractivity contribution is 0.151. The van der Waals surface area contributed by atoms with Crippen molar-refractivity contribution >= 4 is 42.1 Å². The summed E-state index contributed by atoms with van der Waals surface area (Å²) in [6, 6.07) is 9.35. The Bertz CT molecular complexity index is 3170. The second-order valence-electron chi connectivity index (χ2n) is 17.6. The van der Waals surface area contributed by atoms with Gasteiger partial charge in [-0.2, -0.15) is 18.8 Å². The van der Waals surface area contributed by atoms with E-state index in [1.54, 1.807) is 23.9 Å². The van der Waals surface area contributed by atoms with Gasteiger partial charge in [0.15, 0.2) is 11.0 Å².